The maximum absolute atomic E-state index is 5.73. The summed E-state index contributed by atoms with van der Waals surface area (Å²) in [6, 6.07) is 8.15. The molecule has 1 aromatic carbocycles. The highest BCUT2D eigenvalue weighted by Gasteiger charge is 2.19. The molecule has 2 N–H and O–H groups in total. The number of para-hydroxylation sites is 2. The van der Waals surface area contributed by atoms with Gasteiger partial charge in [-0.15, -0.1) is 0 Å². The molecule has 0 saturated carbocycles. The second-order valence-electron chi connectivity index (χ2n) is 4.73. The van der Waals surface area contributed by atoms with E-state index in [1.807, 2.05) is 18.2 Å². The maximum Gasteiger partial charge on any atom is 0.124 e. The maximum atomic E-state index is 5.73. The zero-order valence-corrected chi connectivity index (χ0v) is 9.49. The minimum absolute atomic E-state index is 0.0187. The lowest BCUT2D eigenvalue weighted by molar-refractivity contribution is 0.394. The number of imidazole rings is 1. The molecule has 0 amide bonds. The molecule has 0 bridgehead atoms. The summed E-state index contributed by atoms with van der Waals surface area (Å²) in [4.78, 5) is 4.54. The summed E-state index contributed by atoms with van der Waals surface area (Å²) >= 11 is 0. The third-order valence-electron chi connectivity index (χ3n) is 2.48. The van der Waals surface area contributed by atoms with Gasteiger partial charge in [-0.25, -0.2) is 4.98 Å². The summed E-state index contributed by atoms with van der Waals surface area (Å²) in [5, 5.41) is 0. The van der Waals surface area contributed by atoms with Crippen molar-refractivity contribution in [3.63, 3.8) is 0 Å². The van der Waals surface area contributed by atoms with Gasteiger partial charge in [-0.2, -0.15) is 0 Å². The Morgan fingerprint density at radius 1 is 1.27 bits per heavy atom. The molecule has 2 aromatic rings. The van der Waals surface area contributed by atoms with Crippen molar-refractivity contribution < 1.29 is 0 Å². The fraction of sp³-hybridized carbons (Fsp3) is 0.417. The van der Waals surface area contributed by atoms with Crippen LogP contribution in [0.5, 0.6) is 0 Å². The summed E-state index contributed by atoms with van der Waals surface area (Å²) in [6.07, 6.45) is 0. The molecule has 0 spiro atoms. The summed E-state index contributed by atoms with van der Waals surface area (Å²) in [5.41, 5.74) is 7.93. The Kier molecular flexibility index (Phi) is 2.27. The lowest BCUT2D eigenvalue weighted by atomic mass is 10.1. The van der Waals surface area contributed by atoms with Gasteiger partial charge in [-0.3, -0.25) is 0 Å². The number of fused-ring (bicyclic) bond motifs is 1. The SMILES string of the molecule is CC(C)(C)n1c(CN)nc2ccccc21. The third-order valence-corrected chi connectivity index (χ3v) is 2.48. The van der Waals surface area contributed by atoms with Crippen LogP contribution in [0.15, 0.2) is 24.3 Å². The van der Waals surface area contributed by atoms with E-state index in [9.17, 15) is 0 Å². The van der Waals surface area contributed by atoms with Crippen molar-refractivity contribution in [2.45, 2.75) is 32.9 Å². The number of nitrogens with two attached hydrogens (primary N) is 1. The van der Waals surface area contributed by atoms with E-state index in [0.717, 1.165) is 16.9 Å². The molecule has 0 aliphatic carbocycles. The normalized spacial score (nSPS) is 12.3. The summed E-state index contributed by atoms with van der Waals surface area (Å²) in [7, 11) is 0. The highest BCUT2D eigenvalue weighted by molar-refractivity contribution is 5.76. The van der Waals surface area contributed by atoms with Crippen molar-refractivity contribution in [3.8, 4) is 0 Å². The number of benzene rings is 1. The molecule has 3 heteroatoms. The molecule has 0 aliphatic heterocycles. The first-order valence-corrected chi connectivity index (χ1v) is 5.21. The molecule has 3 nitrogen and oxygen atoms in total. The zero-order chi connectivity index (χ0) is 11.1. The van der Waals surface area contributed by atoms with E-state index in [4.69, 9.17) is 5.73 Å². The van der Waals surface area contributed by atoms with Gasteiger partial charge in [0.2, 0.25) is 0 Å². The molecule has 80 valence electrons. The largest absolute Gasteiger partial charge is 0.324 e. The van der Waals surface area contributed by atoms with Gasteiger partial charge >= 0.3 is 0 Å². The highest BCUT2D eigenvalue weighted by Crippen LogP contribution is 2.24. The van der Waals surface area contributed by atoms with Gasteiger partial charge in [0.25, 0.3) is 0 Å². The molecule has 0 fully saturated rings. The molecule has 1 aromatic heterocycles. The van der Waals surface area contributed by atoms with Crippen LogP contribution >= 0.6 is 0 Å². The summed E-state index contributed by atoms with van der Waals surface area (Å²) in [5.74, 6) is 0.948. The summed E-state index contributed by atoms with van der Waals surface area (Å²) < 4.78 is 2.21. The van der Waals surface area contributed by atoms with Crippen molar-refractivity contribution in [2.24, 2.45) is 5.73 Å². The van der Waals surface area contributed by atoms with Gasteiger partial charge < -0.3 is 10.3 Å². The Morgan fingerprint density at radius 2 is 1.93 bits per heavy atom. The molecule has 0 saturated heterocycles. The van der Waals surface area contributed by atoms with E-state index < -0.39 is 0 Å². The number of rotatable bonds is 1. The third kappa shape index (κ3) is 1.63. The van der Waals surface area contributed by atoms with Crippen molar-refractivity contribution >= 4 is 11.0 Å². The predicted molar refractivity (Wildman–Crippen MR) is 62.6 cm³/mol. The van der Waals surface area contributed by atoms with Crippen LogP contribution in [0, 0.1) is 0 Å². The number of hydrogen-bond acceptors (Lipinski definition) is 2. The molecule has 0 radical (unpaired) electrons. The van der Waals surface area contributed by atoms with E-state index in [1.54, 1.807) is 0 Å². The molecule has 0 aliphatic rings. The van der Waals surface area contributed by atoms with Crippen molar-refractivity contribution in [1.29, 1.82) is 0 Å². The highest BCUT2D eigenvalue weighted by atomic mass is 15.1. The lowest BCUT2D eigenvalue weighted by Gasteiger charge is -2.24. The van der Waals surface area contributed by atoms with Crippen LogP contribution in [-0.4, -0.2) is 9.55 Å². The number of hydrogen-bond donors (Lipinski definition) is 1. The fourth-order valence-corrected chi connectivity index (χ4v) is 1.96. The minimum atomic E-state index is 0.0187. The predicted octanol–water partition coefficient (Wildman–Crippen LogP) is 2.25. The molecule has 2 rings (SSSR count). The van der Waals surface area contributed by atoms with Gasteiger partial charge in [0.05, 0.1) is 17.6 Å². The van der Waals surface area contributed by atoms with E-state index in [0.29, 0.717) is 6.54 Å². The topological polar surface area (TPSA) is 43.8 Å². The van der Waals surface area contributed by atoms with Gasteiger partial charge in [0.15, 0.2) is 0 Å². The standard InChI is InChI=1S/C12H17N3/c1-12(2,3)15-10-7-5-4-6-9(10)14-11(15)8-13/h4-7H,8,13H2,1-3H3. The van der Waals surface area contributed by atoms with Gasteiger partial charge in [-0.05, 0) is 32.9 Å². The summed E-state index contributed by atoms with van der Waals surface area (Å²) in [6.45, 7) is 6.98. The van der Waals surface area contributed by atoms with E-state index in [2.05, 4.69) is 36.4 Å². The van der Waals surface area contributed by atoms with Gasteiger partial charge in [0.1, 0.15) is 5.82 Å². The zero-order valence-electron chi connectivity index (χ0n) is 9.49. The van der Waals surface area contributed by atoms with Crippen LogP contribution in [0.2, 0.25) is 0 Å². The van der Waals surface area contributed by atoms with Crippen LogP contribution in [0.3, 0.4) is 0 Å². The first-order valence-electron chi connectivity index (χ1n) is 5.21. The van der Waals surface area contributed by atoms with Crippen LogP contribution in [-0.2, 0) is 12.1 Å². The molecule has 0 unspecified atom stereocenters. The molecule has 0 atom stereocenters. The number of nitrogens with zero attached hydrogens (tertiary/aromatic N) is 2. The van der Waals surface area contributed by atoms with Gasteiger partial charge in [0, 0.05) is 5.54 Å². The Bertz CT molecular complexity index is 477. The fourth-order valence-electron chi connectivity index (χ4n) is 1.96. The van der Waals surface area contributed by atoms with Crippen LogP contribution < -0.4 is 5.73 Å². The number of aromatic nitrogens is 2. The van der Waals surface area contributed by atoms with Crippen molar-refractivity contribution in [2.75, 3.05) is 0 Å². The van der Waals surface area contributed by atoms with E-state index in [-0.39, 0.29) is 5.54 Å². The molecular formula is C12H17N3. The second-order valence-corrected chi connectivity index (χ2v) is 4.73. The van der Waals surface area contributed by atoms with Crippen LogP contribution in [0.1, 0.15) is 26.6 Å². The van der Waals surface area contributed by atoms with Crippen LogP contribution in [0.4, 0.5) is 0 Å². The van der Waals surface area contributed by atoms with E-state index in [1.165, 1.54) is 0 Å². The monoisotopic (exact) mass is 203 g/mol. The van der Waals surface area contributed by atoms with Crippen molar-refractivity contribution in [1.82, 2.24) is 9.55 Å². The minimum Gasteiger partial charge on any atom is -0.324 e. The Morgan fingerprint density at radius 3 is 2.53 bits per heavy atom. The smallest absolute Gasteiger partial charge is 0.124 e. The van der Waals surface area contributed by atoms with Crippen molar-refractivity contribution in [3.05, 3.63) is 30.1 Å². The molecular weight excluding hydrogens is 186 g/mol. The lowest BCUT2D eigenvalue weighted by Crippen LogP contribution is -2.25. The first-order chi connectivity index (χ1) is 7.04. The molecule has 15 heavy (non-hydrogen) atoms. The second kappa shape index (κ2) is 3.35. The van der Waals surface area contributed by atoms with Gasteiger partial charge in [-0.1, -0.05) is 12.1 Å². The first kappa shape index (κ1) is 10.2. The Labute approximate surface area is 89.9 Å². The average Bonchev–Trinajstić information content (AvgIpc) is 2.54. The Balaban J connectivity index is 2.79. The van der Waals surface area contributed by atoms with Crippen LogP contribution in [0.25, 0.3) is 11.0 Å². The Hall–Kier alpha value is -1.35. The average molecular weight is 203 g/mol. The molecule has 1 heterocycles. The quantitative estimate of drug-likeness (QED) is 0.772. The van der Waals surface area contributed by atoms with E-state index >= 15 is 0 Å².